The van der Waals surface area contributed by atoms with Crippen LogP contribution in [-0.2, 0) is 0 Å². The molecule has 0 amide bonds. The smallest absolute Gasteiger partial charge is 0.160 e. The molecule has 3 heteroatoms. The highest BCUT2D eigenvalue weighted by atomic mass is 14.9. The molecule has 11 aromatic rings. The molecule has 0 saturated heterocycles. The summed E-state index contributed by atoms with van der Waals surface area (Å²) in [6.07, 6.45) is 0. The molecule has 0 bridgehead atoms. The van der Waals surface area contributed by atoms with E-state index in [2.05, 4.69) is 182 Å². The van der Waals surface area contributed by atoms with Gasteiger partial charge >= 0.3 is 0 Å². The number of pyridine rings is 1. The van der Waals surface area contributed by atoms with Crippen molar-refractivity contribution in [2.24, 2.45) is 0 Å². The lowest BCUT2D eigenvalue weighted by molar-refractivity contribution is 1.23. The minimum Gasteiger partial charge on any atom is -0.248 e. The van der Waals surface area contributed by atoms with E-state index < -0.39 is 0 Å². The van der Waals surface area contributed by atoms with Crippen molar-refractivity contribution in [2.75, 3.05) is 0 Å². The summed E-state index contributed by atoms with van der Waals surface area (Å²) in [4.78, 5) is 16.0. The fraction of sp³-hybridized carbons (Fsp3) is 0. The van der Waals surface area contributed by atoms with Crippen LogP contribution in [-0.4, -0.2) is 15.0 Å². The molecule has 2 aromatic heterocycles. The Labute approximate surface area is 324 Å². The summed E-state index contributed by atoms with van der Waals surface area (Å²) in [5.41, 5.74) is 10.2. The highest BCUT2D eigenvalue weighted by Crippen LogP contribution is 2.39. The fourth-order valence-corrected chi connectivity index (χ4v) is 8.24. The minimum atomic E-state index is 0.702. The van der Waals surface area contributed by atoms with Crippen LogP contribution < -0.4 is 0 Å². The van der Waals surface area contributed by atoms with Crippen LogP contribution in [0.15, 0.2) is 200 Å². The number of fused-ring (bicyclic) bond motifs is 6. The van der Waals surface area contributed by atoms with E-state index in [4.69, 9.17) is 15.0 Å². The van der Waals surface area contributed by atoms with Crippen LogP contribution >= 0.6 is 0 Å². The quantitative estimate of drug-likeness (QED) is 0.167. The summed E-state index contributed by atoms with van der Waals surface area (Å²) in [6.45, 7) is 0. The molecular weight excluding hydrogens is 679 g/mol. The second-order valence-corrected chi connectivity index (χ2v) is 14.4. The maximum absolute atomic E-state index is 5.44. The fourth-order valence-electron chi connectivity index (χ4n) is 8.24. The number of rotatable bonds is 5. The number of hydrogen-bond donors (Lipinski definition) is 0. The minimum absolute atomic E-state index is 0.702. The van der Waals surface area contributed by atoms with Gasteiger partial charge in [-0.05, 0) is 79.2 Å². The Morgan fingerprint density at radius 1 is 0.268 bits per heavy atom. The summed E-state index contributed by atoms with van der Waals surface area (Å²) in [5, 5.41) is 10.4. The molecule has 0 unspecified atom stereocenters. The second-order valence-electron chi connectivity index (χ2n) is 14.4. The first kappa shape index (κ1) is 32.0. The molecule has 0 atom stereocenters. The molecule has 0 N–H and O–H groups in total. The number of aromatic nitrogens is 3. The van der Waals surface area contributed by atoms with Crippen molar-refractivity contribution in [1.82, 2.24) is 15.0 Å². The summed E-state index contributed by atoms with van der Waals surface area (Å²) >= 11 is 0. The largest absolute Gasteiger partial charge is 0.248 e. The van der Waals surface area contributed by atoms with Crippen LogP contribution in [0.25, 0.3) is 110 Å². The lowest BCUT2D eigenvalue weighted by atomic mass is 9.94. The maximum atomic E-state index is 5.44. The summed E-state index contributed by atoms with van der Waals surface area (Å²) in [5.74, 6) is 0.702. The zero-order valence-electron chi connectivity index (χ0n) is 30.4. The van der Waals surface area contributed by atoms with Gasteiger partial charge in [-0.1, -0.05) is 170 Å². The molecule has 0 aliphatic heterocycles. The van der Waals surface area contributed by atoms with Crippen molar-refractivity contribution in [3.63, 3.8) is 0 Å². The predicted molar refractivity (Wildman–Crippen MR) is 235 cm³/mol. The van der Waals surface area contributed by atoms with E-state index in [1.807, 2.05) is 18.2 Å². The van der Waals surface area contributed by atoms with Gasteiger partial charge in [-0.15, -0.1) is 0 Å². The van der Waals surface area contributed by atoms with Crippen molar-refractivity contribution in [3.05, 3.63) is 200 Å². The van der Waals surface area contributed by atoms with Crippen molar-refractivity contribution < 1.29 is 0 Å². The van der Waals surface area contributed by atoms with Gasteiger partial charge in [0.2, 0.25) is 0 Å². The van der Waals surface area contributed by atoms with E-state index in [1.165, 1.54) is 37.9 Å². The van der Waals surface area contributed by atoms with Gasteiger partial charge in [0.05, 0.1) is 22.6 Å². The average molecular weight is 712 g/mol. The molecule has 260 valence electrons. The molecule has 11 rings (SSSR count). The van der Waals surface area contributed by atoms with Crippen molar-refractivity contribution in [3.8, 4) is 56.3 Å². The molecule has 56 heavy (non-hydrogen) atoms. The van der Waals surface area contributed by atoms with E-state index >= 15 is 0 Å². The highest BCUT2D eigenvalue weighted by Gasteiger charge is 2.17. The molecule has 9 aromatic carbocycles. The van der Waals surface area contributed by atoms with E-state index in [-0.39, 0.29) is 0 Å². The van der Waals surface area contributed by atoms with Crippen LogP contribution in [0.4, 0.5) is 0 Å². The van der Waals surface area contributed by atoms with Crippen molar-refractivity contribution >= 4 is 54.0 Å². The SMILES string of the molecule is c1ccc(-c2nc(-c3ccc4ccccc4c3)c3ccc4ccc(-c5cc(-c6cccc7ccccc67)cc(-c6cccc7ccccc67)n5)cc4c3n2)cc1. The van der Waals surface area contributed by atoms with Gasteiger partial charge in [0.25, 0.3) is 0 Å². The first-order chi connectivity index (χ1) is 27.7. The first-order valence-corrected chi connectivity index (χ1v) is 19.0. The normalized spacial score (nSPS) is 11.6. The lowest BCUT2D eigenvalue weighted by Gasteiger charge is -2.15. The van der Waals surface area contributed by atoms with Crippen molar-refractivity contribution in [1.29, 1.82) is 0 Å². The Morgan fingerprint density at radius 3 is 1.66 bits per heavy atom. The van der Waals surface area contributed by atoms with Gasteiger partial charge < -0.3 is 0 Å². The standard InChI is InChI=1S/C53H33N3/c1-2-15-38(16-3-1)53-55-51(41-27-24-34-12-4-5-17-39(34)30-41)47-29-28-37-25-26-40(31-48(37)52(47)56-53)49-32-42(45-22-10-18-35-13-6-8-20-43(35)45)33-50(54-49)46-23-11-19-36-14-7-9-21-44(36)46/h1-33H. The summed E-state index contributed by atoms with van der Waals surface area (Å²) < 4.78 is 0. The molecule has 0 aliphatic rings. The Bertz CT molecular complexity index is 3200. The third kappa shape index (κ3) is 5.49. The predicted octanol–water partition coefficient (Wildman–Crippen LogP) is 14.0. The van der Waals surface area contributed by atoms with E-state index in [0.717, 1.165) is 66.6 Å². The van der Waals surface area contributed by atoms with Gasteiger partial charge in [0, 0.05) is 33.0 Å². The van der Waals surface area contributed by atoms with Crippen molar-refractivity contribution in [2.45, 2.75) is 0 Å². The zero-order valence-corrected chi connectivity index (χ0v) is 30.4. The van der Waals surface area contributed by atoms with Gasteiger partial charge in [-0.2, -0.15) is 0 Å². The third-order valence-corrected chi connectivity index (χ3v) is 11.0. The van der Waals surface area contributed by atoms with Gasteiger partial charge in [-0.25, -0.2) is 15.0 Å². The van der Waals surface area contributed by atoms with Crippen LogP contribution in [0.5, 0.6) is 0 Å². The van der Waals surface area contributed by atoms with Gasteiger partial charge in [0.1, 0.15) is 0 Å². The molecule has 2 heterocycles. The number of hydrogen-bond acceptors (Lipinski definition) is 3. The molecule has 0 aliphatic carbocycles. The summed E-state index contributed by atoms with van der Waals surface area (Å²) in [7, 11) is 0. The molecule has 3 nitrogen and oxygen atoms in total. The zero-order chi connectivity index (χ0) is 37.0. The highest BCUT2D eigenvalue weighted by molar-refractivity contribution is 6.11. The molecule has 0 fully saturated rings. The van der Waals surface area contributed by atoms with Crippen LogP contribution in [0.3, 0.4) is 0 Å². The van der Waals surface area contributed by atoms with Crippen LogP contribution in [0, 0.1) is 0 Å². The average Bonchev–Trinajstić information content (AvgIpc) is 3.28. The van der Waals surface area contributed by atoms with Crippen LogP contribution in [0.2, 0.25) is 0 Å². The van der Waals surface area contributed by atoms with Crippen LogP contribution in [0.1, 0.15) is 0 Å². The van der Waals surface area contributed by atoms with Gasteiger partial charge in [-0.3, -0.25) is 0 Å². The lowest BCUT2D eigenvalue weighted by Crippen LogP contribution is -1.96. The van der Waals surface area contributed by atoms with E-state index in [1.54, 1.807) is 0 Å². The Balaban J connectivity index is 1.17. The Morgan fingerprint density at radius 2 is 0.857 bits per heavy atom. The Kier molecular flexibility index (Phi) is 7.49. The molecule has 0 radical (unpaired) electrons. The molecule has 0 spiro atoms. The Hall–Kier alpha value is -7.49. The van der Waals surface area contributed by atoms with Gasteiger partial charge in [0.15, 0.2) is 5.82 Å². The van der Waals surface area contributed by atoms with E-state index in [9.17, 15) is 0 Å². The number of benzene rings is 9. The topological polar surface area (TPSA) is 38.7 Å². The summed E-state index contributed by atoms with van der Waals surface area (Å²) in [6, 6.07) is 71.1. The first-order valence-electron chi connectivity index (χ1n) is 19.0. The monoisotopic (exact) mass is 711 g/mol. The third-order valence-electron chi connectivity index (χ3n) is 11.0. The molecule has 0 saturated carbocycles. The van der Waals surface area contributed by atoms with E-state index in [0.29, 0.717) is 5.82 Å². The number of nitrogens with zero attached hydrogens (tertiary/aromatic N) is 3. The molecular formula is C53H33N3. The maximum Gasteiger partial charge on any atom is 0.160 e. The second kappa shape index (κ2) is 13.1.